The summed E-state index contributed by atoms with van der Waals surface area (Å²) in [5.41, 5.74) is 17.2. The summed E-state index contributed by atoms with van der Waals surface area (Å²) in [5, 5.41) is 0. The molecule has 1 saturated heterocycles. The number of rotatable bonds is 0. The van der Waals surface area contributed by atoms with E-state index >= 15 is 0 Å². The van der Waals surface area contributed by atoms with Crippen molar-refractivity contribution in [2.24, 2.45) is 11.8 Å². The Balaban J connectivity index is 1.15. The zero-order valence-electron chi connectivity index (χ0n) is 20.8. The van der Waals surface area contributed by atoms with E-state index in [0.717, 1.165) is 60.1 Å². The molecule has 2 nitrogen and oxygen atoms in total. The van der Waals surface area contributed by atoms with E-state index in [1.807, 2.05) is 5.56 Å². The summed E-state index contributed by atoms with van der Waals surface area (Å²) < 4.78 is 0. The highest BCUT2D eigenvalue weighted by atomic mass is 15.4. The van der Waals surface area contributed by atoms with Crippen LogP contribution in [0.2, 0.25) is 0 Å². The standard InChI is InChI=1S/C31H36N2/c1-13-6-7-32-12-33(13)11-23-16(4)26-22(10-24(23)32)29-21-9-20(30(26)29)28-19-8-18-14(2)15(3)25(18)17(5)27(19)31(21)28/h8,10,13-15,20-21,28-31H,6-7,9,11-12H2,1-5H3. The Morgan fingerprint density at radius 3 is 2.21 bits per heavy atom. The predicted molar refractivity (Wildman–Crippen MR) is 134 cm³/mol. The Labute approximate surface area is 198 Å². The number of benzene rings is 2. The van der Waals surface area contributed by atoms with Crippen LogP contribution in [0.25, 0.3) is 0 Å². The van der Waals surface area contributed by atoms with Gasteiger partial charge in [0.05, 0.1) is 6.67 Å². The molecule has 170 valence electrons. The van der Waals surface area contributed by atoms with Gasteiger partial charge >= 0.3 is 0 Å². The molecular formula is C31H36N2. The number of hydrogen-bond acceptors (Lipinski definition) is 2. The van der Waals surface area contributed by atoms with Crippen LogP contribution in [0.15, 0.2) is 12.1 Å². The van der Waals surface area contributed by atoms with E-state index in [2.05, 4.69) is 56.6 Å². The average Bonchev–Trinajstić information content (AvgIpc) is 3.25. The van der Waals surface area contributed by atoms with Gasteiger partial charge in [-0.2, -0.15) is 0 Å². The van der Waals surface area contributed by atoms with Gasteiger partial charge in [-0.3, -0.25) is 4.90 Å². The lowest BCUT2D eigenvalue weighted by Crippen LogP contribution is -2.53. The third-order valence-electron chi connectivity index (χ3n) is 12.2. The molecule has 2 heteroatoms. The van der Waals surface area contributed by atoms with E-state index in [1.54, 1.807) is 50.2 Å². The van der Waals surface area contributed by atoms with Crippen LogP contribution >= 0.6 is 0 Å². The highest BCUT2D eigenvalue weighted by Gasteiger charge is 2.68. The molecule has 7 aliphatic rings. The van der Waals surface area contributed by atoms with E-state index in [1.165, 1.54) is 25.9 Å². The minimum absolute atomic E-state index is 0.730. The lowest BCUT2D eigenvalue weighted by molar-refractivity contribution is 0.152. The first-order valence-corrected chi connectivity index (χ1v) is 13.8. The summed E-state index contributed by atoms with van der Waals surface area (Å²) in [6.07, 6.45) is 2.80. The van der Waals surface area contributed by atoms with Crippen LogP contribution in [0.5, 0.6) is 0 Å². The maximum absolute atomic E-state index is 2.71. The van der Waals surface area contributed by atoms with Crippen molar-refractivity contribution in [3.63, 3.8) is 0 Å². The Hall–Kier alpha value is -1.80. The van der Waals surface area contributed by atoms with Crippen LogP contribution in [0.1, 0.15) is 119 Å². The third kappa shape index (κ3) is 1.81. The van der Waals surface area contributed by atoms with Gasteiger partial charge in [0, 0.05) is 24.8 Å². The van der Waals surface area contributed by atoms with Crippen molar-refractivity contribution in [2.75, 3.05) is 18.1 Å². The average molecular weight is 437 g/mol. The normalized spacial score (nSPS) is 43.8. The second-order valence-corrected chi connectivity index (χ2v) is 13.0. The van der Waals surface area contributed by atoms with Crippen LogP contribution in [-0.2, 0) is 6.54 Å². The van der Waals surface area contributed by atoms with Gasteiger partial charge in [-0.15, -0.1) is 0 Å². The molecule has 2 aliphatic heterocycles. The van der Waals surface area contributed by atoms with Gasteiger partial charge in [-0.25, -0.2) is 0 Å². The molecule has 10 atom stereocenters. The topological polar surface area (TPSA) is 6.48 Å². The van der Waals surface area contributed by atoms with Gasteiger partial charge in [0.2, 0.25) is 0 Å². The summed E-state index contributed by atoms with van der Waals surface area (Å²) >= 11 is 0. The molecule has 2 heterocycles. The van der Waals surface area contributed by atoms with Crippen molar-refractivity contribution >= 4 is 5.69 Å². The van der Waals surface area contributed by atoms with Crippen LogP contribution in [0.4, 0.5) is 5.69 Å². The van der Waals surface area contributed by atoms with Crippen molar-refractivity contribution in [1.82, 2.24) is 4.90 Å². The van der Waals surface area contributed by atoms with Crippen molar-refractivity contribution in [1.29, 1.82) is 0 Å². The van der Waals surface area contributed by atoms with E-state index < -0.39 is 0 Å². The van der Waals surface area contributed by atoms with E-state index in [9.17, 15) is 0 Å². The van der Waals surface area contributed by atoms with Gasteiger partial charge in [-0.1, -0.05) is 19.9 Å². The molecule has 0 N–H and O–H groups in total. The number of hydrogen-bond donors (Lipinski definition) is 0. The van der Waals surface area contributed by atoms with Crippen molar-refractivity contribution in [3.05, 3.63) is 62.2 Å². The van der Waals surface area contributed by atoms with E-state index in [4.69, 9.17) is 0 Å². The largest absolute Gasteiger partial charge is 0.358 e. The zero-order chi connectivity index (χ0) is 22.1. The van der Waals surface area contributed by atoms with Gasteiger partial charge in [0.25, 0.3) is 0 Å². The molecule has 0 amide bonds. The minimum atomic E-state index is 0.730. The van der Waals surface area contributed by atoms with E-state index in [0.29, 0.717) is 0 Å². The first-order valence-electron chi connectivity index (χ1n) is 13.8. The second kappa shape index (κ2) is 5.54. The Kier molecular flexibility index (Phi) is 3.11. The molecule has 0 spiro atoms. The lowest BCUT2D eigenvalue weighted by Gasteiger charge is -2.57. The molecule has 0 aromatic heterocycles. The van der Waals surface area contributed by atoms with Gasteiger partial charge < -0.3 is 4.90 Å². The molecule has 10 unspecified atom stereocenters. The maximum atomic E-state index is 2.71. The van der Waals surface area contributed by atoms with Crippen molar-refractivity contribution in [2.45, 2.75) is 95.6 Å². The van der Waals surface area contributed by atoms with Gasteiger partial charge in [-0.05, 0) is 137 Å². The van der Waals surface area contributed by atoms with Crippen LogP contribution < -0.4 is 4.90 Å². The molecular weight excluding hydrogens is 400 g/mol. The first-order chi connectivity index (χ1) is 16.0. The highest BCUT2D eigenvalue weighted by molar-refractivity contribution is 5.71. The molecule has 3 fully saturated rings. The fourth-order valence-electron chi connectivity index (χ4n) is 10.5. The van der Waals surface area contributed by atoms with Gasteiger partial charge in [0.15, 0.2) is 0 Å². The predicted octanol–water partition coefficient (Wildman–Crippen LogP) is 6.61. The SMILES string of the molecule is Cc1c2c(cc3c1C1C4CC(C31)C1c3c(cc5c(c3C)C(C)C5C)C41)N1CCC(C)N(C2)C1. The molecule has 4 bridgehead atoms. The lowest BCUT2D eigenvalue weighted by atomic mass is 9.47. The third-order valence-corrected chi connectivity index (χ3v) is 12.2. The molecule has 9 rings (SSSR count). The smallest absolute Gasteiger partial charge is 0.0712 e. The van der Waals surface area contributed by atoms with Crippen LogP contribution in [-0.4, -0.2) is 24.2 Å². The van der Waals surface area contributed by atoms with Crippen LogP contribution in [0.3, 0.4) is 0 Å². The summed E-state index contributed by atoms with van der Waals surface area (Å²) in [6.45, 7) is 15.8. The Morgan fingerprint density at radius 1 is 0.758 bits per heavy atom. The molecule has 5 aliphatic carbocycles. The van der Waals surface area contributed by atoms with Crippen LogP contribution in [0, 0.1) is 25.7 Å². The number of fused-ring (bicyclic) bond motifs is 19. The summed E-state index contributed by atoms with van der Waals surface area (Å²) in [4.78, 5) is 5.41. The van der Waals surface area contributed by atoms with Gasteiger partial charge in [0.1, 0.15) is 0 Å². The molecule has 33 heavy (non-hydrogen) atoms. The fourth-order valence-corrected chi connectivity index (χ4v) is 10.5. The zero-order valence-corrected chi connectivity index (χ0v) is 20.8. The maximum Gasteiger partial charge on any atom is 0.0712 e. The summed E-state index contributed by atoms with van der Waals surface area (Å²) in [5.74, 6) is 6.80. The molecule has 2 aromatic rings. The number of nitrogens with zero attached hydrogens (tertiary/aromatic N) is 2. The second-order valence-electron chi connectivity index (χ2n) is 13.0. The number of anilines is 1. The van der Waals surface area contributed by atoms with Crippen molar-refractivity contribution < 1.29 is 0 Å². The van der Waals surface area contributed by atoms with E-state index in [-0.39, 0.29) is 0 Å². The molecule has 2 saturated carbocycles. The highest BCUT2D eigenvalue weighted by Crippen LogP contribution is 2.80. The molecule has 2 aromatic carbocycles. The monoisotopic (exact) mass is 436 g/mol. The molecule has 0 radical (unpaired) electrons. The minimum Gasteiger partial charge on any atom is -0.358 e. The first kappa shape index (κ1) is 18.5. The summed E-state index contributed by atoms with van der Waals surface area (Å²) in [6, 6.07) is 6.10. The Morgan fingerprint density at radius 2 is 1.45 bits per heavy atom. The fraction of sp³-hybridized carbons (Fsp3) is 0.613. The van der Waals surface area contributed by atoms with Crippen molar-refractivity contribution in [3.8, 4) is 0 Å². The summed E-state index contributed by atoms with van der Waals surface area (Å²) in [7, 11) is 0. The Bertz CT molecular complexity index is 1290. The quantitative estimate of drug-likeness (QED) is 0.429.